The number of unbranched alkanes of at least 4 members (excludes halogenated alkanes) is 1. The van der Waals surface area contributed by atoms with Gasteiger partial charge >= 0.3 is 0 Å². The predicted molar refractivity (Wildman–Crippen MR) is 97.2 cm³/mol. The van der Waals surface area contributed by atoms with Gasteiger partial charge in [0.2, 0.25) is 0 Å². The Hall–Kier alpha value is -1.57. The molecular weight excluding hydrogens is 268 g/mol. The minimum Gasteiger partial charge on any atom is -0.384 e. The second kappa shape index (κ2) is 8.17. The molecule has 22 heavy (non-hydrogen) atoms. The van der Waals surface area contributed by atoms with Crippen LogP contribution < -0.4 is 5.32 Å². The molecule has 0 aromatic heterocycles. The molecule has 0 radical (unpaired) electrons. The average molecular weight is 298 g/mol. The summed E-state index contributed by atoms with van der Waals surface area (Å²) in [6.07, 6.45) is 8.22. The van der Waals surface area contributed by atoms with E-state index in [1.807, 2.05) is 0 Å². The molecular formula is C20H30N2. The first kappa shape index (κ1) is 16.8. The van der Waals surface area contributed by atoms with Gasteiger partial charge in [0.05, 0.1) is 17.1 Å². The summed E-state index contributed by atoms with van der Waals surface area (Å²) in [7, 11) is 0. The summed E-state index contributed by atoms with van der Waals surface area (Å²) in [6, 6.07) is 6.53. The minimum atomic E-state index is 0.503. The van der Waals surface area contributed by atoms with Gasteiger partial charge in [0.25, 0.3) is 0 Å². The van der Waals surface area contributed by atoms with Crippen LogP contribution in [0, 0.1) is 6.92 Å². The Bertz CT molecular complexity index is 553. The molecule has 1 aromatic carbocycles. The van der Waals surface area contributed by atoms with Gasteiger partial charge in [-0.3, -0.25) is 4.99 Å². The molecule has 0 saturated heterocycles. The van der Waals surface area contributed by atoms with Gasteiger partial charge in [0.1, 0.15) is 0 Å². The quantitative estimate of drug-likeness (QED) is 0.674. The third-order valence-corrected chi connectivity index (χ3v) is 4.26. The van der Waals surface area contributed by atoms with E-state index in [-0.39, 0.29) is 0 Å². The molecule has 1 aliphatic carbocycles. The van der Waals surface area contributed by atoms with E-state index >= 15 is 0 Å². The van der Waals surface area contributed by atoms with E-state index in [0.717, 1.165) is 19.4 Å². The van der Waals surface area contributed by atoms with E-state index in [1.54, 1.807) is 0 Å². The van der Waals surface area contributed by atoms with Gasteiger partial charge in [-0.05, 0) is 49.7 Å². The molecule has 1 aromatic rings. The van der Waals surface area contributed by atoms with Crippen LogP contribution in [0.15, 0.2) is 35.0 Å². The van der Waals surface area contributed by atoms with Crippen molar-refractivity contribution in [1.82, 2.24) is 5.32 Å². The highest BCUT2D eigenvalue weighted by Crippen LogP contribution is 2.31. The Balaban J connectivity index is 2.30. The van der Waals surface area contributed by atoms with Gasteiger partial charge in [-0.25, -0.2) is 0 Å². The van der Waals surface area contributed by atoms with Crippen molar-refractivity contribution in [3.63, 3.8) is 0 Å². The Kier molecular flexibility index (Phi) is 6.23. The first-order valence-corrected chi connectivity index (χ1v) is 8.75. The number of nitrogens with zero attached hydrogens (tertiary/aromatic N) is 1. The Morgan fingerprint density at radius 2 is 2.09 bits per heavy atom. The molecule has 1 N–H and O–H groups in total. The summed E-state index contributed by atoms with van der Waals surface area (Å²) in [5.74, 6) is 0.503. The standard InChI is InChI=1S/C20H30N2/c1-5-6-14-21-18-12-7-8-13-19(18)22-20-16(4)10-9-11-17(20)15(2)3/h9-12,15,21H,5-8,13-14H2,1-4H3. The van der Waals surface area contributed by atoms with E-state index in [9.17, 15) is 0 Å². The lowest BCUT2D eigenvalue weighted by Crippen LogP contribution is -2.23. The molecule has 0 bridgehead atoms. The van der Waals surface area contributed by atoms with Crippen molar-refractivity contribution in [2.45, 2.75) is 65.7 Å². The first-order chi connectivity index (χ1) is 10.6. The molecule has 2 nitrogen and oxygen atoms in total. The predicted octanol–water partition coefficient (Wildman–Crippen LogP) is 5.65. The van der Waals surface area contributed by atoms with Crippen LogP contribution in [0.25, 0.3) is 0 Å². The first-order valence-electron chi connectivity index (χ1n) is 8.75. The smallest absolute Gasteiger partial charge is 0.0697 e. The monoisotopic (exact) mass is 298 g/mol. The van der Waals surface area contributed by atoms with Crippen LogP contribution in [0.3, 0.4) is 0 Å². The van der Waals surface area contributed by atoms with Crippen molar-refractivity contribution in [3.05, 3.63) is 41.1 Å². The van der Waals surface area contributed by atoms with E-state index in [4.69, 9.17) is 4.99 Å². The van der Waals surface area contributed by atoms with Gasteiger partial charge in [-0.2, -0.15) is 0 Å². The minimum absolute atomic E-state index is 0.503. The highest BCUT2D eigenvalue weighted by atomic mass is 14.9. The van der Waals surface area contributed by atoms with Gasteiger partial charge in [-0.15, -0.1) is 0 Å². The van der Waals surface area contributed by atoms with Crippen molar-refractivity contribution in [2.24, 2.45) is 4.99 Å². The fourth-order valence-electron chi connectivity index (χ4n) is 2.89. The summed E-state index contributed by atoms with van der Waals surface area (Å²) in [5, 5.41) is 3.59. The van der Waals surface area contributed by atoms with E-state index in [0.29, 0.717) is 5.92 Å². The Morgan fingerprint density at radius 3 is 2.82 bits per heavy atom. The fourth-order valence-corrected chi connectivity index (χ4v) is 2.89. The van der Waals surface area contributed by atoms with E-state index < -0.39 is 0 Å². The highest BCUT2D eigenvalue weighted by molar-refractivity contribution is 6.02. The molecule has 0 unspecified atom stereocenters. The van der Waals surface area contributed by atoms with Gasteiger partial charge in [0, 0.05) is 6.54 Å². The fraction of sp³-hybridized carbons (Fsp3) is 0.550. The molecule has 0 amide bonds. The molecule has 1 aliphatic rings. The summed E-state index contributed by atoms with van der Waals surface area (Å²) < 4.78 is 0. The summed E-state index contributed by atoms with van der Waals surface area (Å²) in [6.45, 7) is 9.94. The van der Waals surface area contributed by atoms with Crippen LogP contribution in [0.2, 0.25) is 0 Å². The van der Waals surface area contributed by atoms with Gasteiger partial charge < -0.3 is 5.32 Å². The molecule has 2 rings (SSSR count). The number of aliphatic imine (C=N–C) groups is 1. The highest BCUT2D eigenvalue weighted by Gasteiger charge is 2.14. The Morgan fingerprint density at radius 1 is 1.27 bits per heavy atom. The number of nitrogens with one attached hydrogen (secondary N) is 1. The zero-order valence-corrected chi connectivity index (χ0v) is 14.6. The zero-order valence-electron chi connectivity index (χ0n) is 14.6. The van der Waals surface area contributed by atoms with Crippen LogP contribution in [0.4, 0.5) is 5.69 Å². The number of allylic oxidation sites excluding steroid dienone is 2. The summed E-state index contributed by atoms with van der Waals surface area (Å²) in [5.41, 5.74) is 6.30. The third kappa shape index (κ3) is 4.22. The van der Waals surface area contributed by atoms with Crippen LogP contribution in [-0.4, -0.2) is 12.3 Å². The molecule has 0 aliphatic heterocycles. The van der Waals surface area contributed by atoms with Crippen molar-refractivity contribution >= 4 is 11.4 Å². The summed E-state index contributed by atoms with van der Waals surface area (Å²) >= 11 is 0. The van der Waals surface area contributed by atoms with Crippen molar-refractivity contribution in [1.29, 1.82) is 0 Å². The molecule has 0 atom stereocenters. The molecule has 0 spiro atoms. The maximum Gasteiger partial charge on any atom is 0.0697 e. The normalized spacial score (nSPS) is 17.0. The second-order valence-electron chi connectivity index (χ2n) is 6.52. The number of aryl methyl sites for hydroxylation is 1. The van der Waals surface area contributed by atoms with Crippen LogP contribution in [0.1, 0.15) is 69.9 Å². The lowest BCUT2D eigenvalue weighted by molar-refractivity contribution is 0.709. The number of hydrogen-bond acceptors (Lipinski definition) is 2. The Labute approximate surface area is 135 Å². The third-order valence-electron chi connectivity index (χ3n) is 4.26. The maximum atomic E-state index is 5.08. The topological polar surface area (TPSA) is 24.4 Å². The van der Waals surface area contributed by atoms with Crippen molar-refractivity contribution in [2.75, 3.05) is 6.54 Å². The van der Waals surface area contributed by atoms with E-state index in [1.165, 1.54) is 47.5 Å². The number of hydrogen-bond donors (Lipinski definition) is 1. The van der Waals surface area contributed by atoms with Crippen LogP contribution >= 0.6 is 0 Å². The zero-order chi connectivity index (χ0) is 15.9. The average Bonchev–Trinajstić information content (AvgIpc) is 2.51. The summed E-state index contributed by atoms with van der Waals surface area (Å²) in [4.78, 5) is 5.08. The molecule has 120 valence electrons. The van der Waals surface area contributed by atoms with Crippen molar-refractivity contribution < 1.29 is 0 Å². The van der Waals surface area contributed by atoms with Crippen LogP contribution in [-0.2, 0) is 0 Å². The lowest BCUT2D eigenvalue weighted by atomic mass is 9.97. The maximum absolute atomic E-state index is 5.08. The molecule has 0 heterocycles. The molecule has 2 heteroatoms. The molecule has 0 saturated carbocycles. The van der Waals surface area contributed by atoms with Gasteiger partial charge in [-0.1, -0.05) is 51.5 Å². The van der Waals surface area contributed by atoms with Crippen LogP contribution in [0.5, 0.6) is 0 Å². The molecule has 0 fully saturated rings. The van der Waals surface area contributed by atoms with Gasteiger partial charge in [0.15, 0.2) is 0 Å². The number of benzene rings is 1. The number of para-hydroxylation sites is 1. The SMILES string of the molecule is CCCCNC1=CCCCC1=Nc1c(C)cccc1C(C)C. The second-order valence-corrected chi connectivity index (χ2v) is 6.52. The van der Waals surface area contributed by atoms with Crippen molar-refractivity contribution in [3.8, 4) is 0 Å². The largest absolute Gasteiger partial charge is 0.384 e. The lowest BCUT2D eigenvalue weighted by Gasteiger charge is -2.19. The van der Waals surface area contributed by atoms with E-state index in [2.05, 4.69) is 57.3 Å². The number of rotatable bonds is 6.